The lowest BCUT2D eigenvalue weighted by Crippen LogP contribution is -2.30. The number of hydrogen-bond acceptors (Lipinski definition) is 2. The van der Waals surface area contributed by atoms with Gasteiger partial charge in [-0.05, 0) is 50.8 Å². The Bertz CT molecular complexity index is 291. The first-order valence-electron chi connectivity index (χ1n) is 6.23. The first-order valence-corrected chi connectivity index (χ1v) is 7.22. The highest BCUT2D eigenvalue weighted by molar-refractivity contribution is 7.99. The summed E-state index contributed by atoms with van der Waals surface area (Å²) in [6.07, 6.45) is 5.50. The molecule has 0 radical (unpaired) electrons. The fraction of sp³-hybridized carbons (Fsp3) is 0.571. The van der Waals surface area contributed by atoms with Gasteiger partial charge in [0.25, 0.3) is 0 Å². The van der Waals surface area contributed by atoms with Crippen molar-refractivity contribution in [2.75, 3.05) is 12.8 Å². The standard InChI is InChI=1S/C14H21NS/c1-15-13-9-7-12(8-10-13)11-16-14-5-3-2-4-6-14/h2-6,12-13,15H,7-11H2,1H3. The van der Waals surface area contributed by atoms with Crippen LogP contribution in [-0.4, -0.2) is 18.8 Å². The second-order valence-electron chi connectivity index (χ2n) is 4.63. The number of nitrogens with one attached hydrogen (secondary N) is 1. The monoisotopic (exact) mass is 235 g/mol. The van der Waals surface area contributed by atoms with Crippen LogP contribution in [0, 0.1) is 5.92 Å². The Morgan fingerprint density at radius 3 is 2.44 bits per heavy atom. The fourth-order valence-corrected chi connectivity index (χ4v) is 3.46. The molecule has 1 nitrogen and oxygen atoms in total. The summed E-state index contributed by atoms with van der Waals surface area (Å²) in [4.78, 5) is 1.42. The maximum absolute atomic E-state index is 3.39. The molecule has 2 heteroatoms. The molecule has 1 fully saturated rings. The van der Waals surface area contributed by atoms with Crippen molar-refractivity contribution in [2.24, 2.45) is 5.92 Å². The van der Waals surface area contributed by atoms with Gasteiger partial charge in [-0.1, -0.05) is 18.2 Å². The molecule has 0 spiro atoms. The summed E-state index contributed by atoms with van der Waals surface area (Å²) >= 11 is 2.02. The average molecular weight is 235 g/mol. The van der Waals surface area contributed by atoms with Crippen molar-refractivity contribution < 1.29 is 0 Å². The van der Waals surface area contributed by atoms with E-state index in [0.717, 1.165) is 12.0 Å². The number of hydrogen-bond donors (Lipinski definition) is 1. The van der Waals surface area contributed by atoms with Crippen molar-refractivity contribution in [2.45, 2.75) is 36.6 Å². The molecule has 0 saturated heterocycles. The molecular weight excluding hydrogens is 214 g/mol. The summed E-state index contributed by atoms with van der Waals surface area (Å²) in [7, 11) is 2.09. The van der Waals surface area contributed by atoms with E-state index >= 15 is 0 Å². The SMILES string of the molecule is CNC1CCC(CSc2ccccc2)CC1. The van der Waals surface area contributed by atoms with Crippen LogP contribution in [0.15, 0.2) is 35.2 Å². The molecule has 1 aliphatic carbocycles. The number of benzene rings is 1. The Labute approximate surface area is 103 Å². The summed E-state index contributed by atoms with van der Waals surface area (Å²) in [5.74, 6) is 2.22. The van der Waals surface area contributed by atoms with Gasteiger partial charge in [-0.15, -0.1) is 11.8 Å². The lowest BCUT2D eigenvalue weighted by Gasteiger charge is -2.27. The molecule has 16 heavy (non-hydrogen) atoms. The molecule has 0 aromatic heterocycles. The minimum Gasteiger partial charge on any atom is -0.317 e. The van der Waals surface area contributed by atoms with Gasteiger partial charge in [0.1, 0.15) is 0 Å². The van der Waals surface area contributed by atoms with Crippen molar-refractivity contribution in [3.63, 3.8) is 0 Å². The van der Waals surface area contributed by atoms with Crippen LogP contribution in [0.4, 0.5) is 0 Å². The van der Waals surface area contributed by atoms with Crippen LogP contribution < -0.4 is 5.32 Å². The minimum absolute atomic E-state index is 0.776. The van der Waals surface area contributed by atoms with E-state index in [2.05, 4.69) is 42.7 Å². The van der Waals surface area contributed by atoms with Crippen molar-refractivity contribution in [3.05, 3.63) is 30.3 Å². The summed E-state index contributed by atoms with van der Waals surface area (Å²) in [6, 6.07) is 11.5. The van der Waals surface area contributed by atoms with Crippen LogP contribution >= 0.6 is 11.8 Å². The molecule has 0 amide bonds. The number of thioether (sulfide) groups is 1. The normalized spacial score (nSPS) is 25.6. The largest absolute Gasteiger partial charge is 0.317 e. The highest BCUT2D eigenvalue weighted by atomic mass is 32.2. The molecule has 1 aromatic rings. The van der Waals surface area contributed by atoms with E-state index in [9.17, 15) is 0 Å². The van der Waals surface area contributed by atoms with Gasteiger partial charge in [-0.25, -0.2) is 0 Å². The van der Waals surface area contributed by atoms with Crippen molar-refractivity contribution in [1.29, 1.82) is 0 Å². The molecule has 1 N–H and O–H groups in total. The maximum atomic E-state index is 3.39. The van der Waals surface area contributed by atoms with Gasteiger partial charge in [0, 0.05) is 16.7 Å². The molecular formula is C14H21NS. The molecule has 2 rings (SSSR count). The van der Waals surface area contributed by atoms with Gasteiger partial charge in [0.2, 0.25) is 0 Å². The zero-order valence-electron chi connectivity index (χ0n) is 9.99. The topological polar surface area (TPSA) is 12.0 Å². The molecule has 0 unspecified atom stereocenters. The van der Waals surface area contributed by atoms with Crippen LogP contribution in [0.5, 0.6) is 0 Å². The summed E-state index contributed by atoms with van der Waals surface area (Å²) in [5.41, 5.74) is 0. The van der Waals surface area contributed by atoms with E-state index in [4.69, 9.17) is 0 Å². The second kappa shape index (κ2) is 6.31. The third kappa shape index (κ3) is 3.53. The lowest BCUT2D eigenvalue weighted by molar-refractivity contribution is 0.323. The Morgan fingerprint density at radius 1 is 1.12 bits per heavy atom. The minimum atomic E-state index is 0.776. The Morgan fingerprint density at radius 2 is 1.81 bits per heavy atom. The predicted octanol–water partition coefficient (Wildman–Crippen LogP) is 3.56. The maximum Gasteiger partial charge on any atom is 0.00720 e. The van der Waals surface area contributed by atoms with E-state index in [0.29, 0.717) is 0 Å². The van der Waals surface area contributed by atoms with Gasteiger partial charge >= 0.3 is 0 Å². The first kappa shape index (κ1) is 12.0. The van der Waals surface area contributed by atoms with Crippen LogP contribution in [0.1, 0.15) is 25.7 Å². The quantitative estimate of drug-likeness (QED) is 0.801. The fourth-order valence-electron chi connectivity index (χ4n) is 2.35. The molecule has 0 bridgehead atoms. The highest BCUT2D eigenvalue weighted by Gasteiger charge is 2.19. The Balaban J connectivity index is 1.72. The van der Waals surface area contributed by atoms with E-state index in [1.807, 2.05) is 11.8 Å². The van der Waals surface area contributed by atoms with Gasteiger partial charge in [0.15, 0.2) is 0 Å². The third-order valence-electron chi connectivity index (χ3n) is 3.48. The van der Waals surface area contributed by atoms with Crippen LogP contribution in [0.2, 0.25) is 0 Å². The average Bonchev–Trinajstić information content (AvgIpc) is 2.38. The Kier molecular flexibility index (Phi) is 4.73. The van der Waals surface area contributed by atoms with Crippen molar-refractivity contribution >= 4 is 11.8 Å². The molecule has 1 aromatic carbocycles. The van der Waals surface area contributed by atoms with Gasteiger partial charge in [-0.3, -0.25) is 0 Å². The van der Waals surface area contributed by atoms with E-state index < -0.39 is 0 Å². The Hall–Kier alpha value is -0.470. The second-order valence-corrected chi connectivity index (χ2v) is 5.72. The summed E-state index contributed by atoms with van der Waals surface area (Å²) in [6.45, 7) is 0. The van der Waals surface area contributed by atoms with Crippen LogP contribution in [0.3, 0.4) is 0 Å². The molecule has 0 aliphatic heterocycles. The third-order valence-corrected chi connectivity index (χ3v) is 4.73. The molecule has 0 atom stereocenters. The lowest BCUT2D eigenvalue weighted by atomic mass is 9.87. The molecule has 0 heterocycles. The van der Waals surface area contributed by atoms with Crippen LogP contribution in [0.25, 0.3) is 0 Å². The highest BCUT2D eigenvalue weighted by Crippen LogP contribution is 2.29. The van der Waals surface area contributed by atoms with Crippen LogP contribution in [-0.2, 0) is 0 Å². The molecule has 1 aliphatic rings. The molecule has 1 saturated carbocycles. The smallest absolute Gasteiger partial charge is 0.00720 e. The summed E-state index contributed by atoms with van der Waals surface area (Å²) in [5, 5.41) is 3.39. The van der Waals surface area contributed by atoms with Gasteiger partial charge in [-0.2, -0.15) is 0 Å². The van der Waals surface area contributed by atoms with Gasteiger partial charge < -0.3 is 5.32 Å². The van der Waals surface area contributed by atoms with E-state index in [1.165, 1.54) is 36.3 Å². The van der Waals surface area contributed by atoms with E-state index in [-0.39, 0.29) is 0 Å². The van der Waals surface area contributed by atoms with Gasteiger partial charge in [0.05, 0.1) is 0 Å². The van der Waals surface area contributed by atoms with E-state index in [1.54, 1.807) is 0 Å². The first-order chi connectivity index (χ1) is 7.88. The van der Waals surface area contributed by atoms with Crippen molar-refractivity contribution in [3.8, 4) is 0 Å². The zero-order valence-corrected chi connectivity index (χ0v) is 10.8. The number of rotatable bonds is 4. The summed E-state index contributed by atoms with van der Waals surface area (Å²) < 4.78 is 0. The zero-order chi connectivity index (χ0) is 11.2. The molecule has 88 valence electrons. The predicted molar refractivity (Wildman–Crippen MR) is 72.0 cm³/mol. The van der Waals surface area contributed by atoms with Crippen molar-refractivity contribution in [1.82, 2.24) is 5.32 Å².